The first-order valence-corrected chi connectivity index (χ1v) is 8.49. The van der Waals surface area contributed by atoms with Gasteiger partial charge in [0.05, 0.1) is 12.7 Å². The summed E-state index contributed by atoms with van der Waals surface area (Å²) in [7, 11) is 1.58. The van der Waals surface area contributed by atoms with Gasteiger partial charge in [-0.05, 0) is 42.7 Å². The van der Waals surface area contributed by atoms with Crippen LogP contribution >= 0.6 is 11.8 Å². The smallest absolute Gasteiger partial charge is 0.277 e. The first-order valence-electron chi connectivity index (χ1n) is 7.27. The van der Waals surface area contributed by atoms with E-state index in [1.54, 1.807) is 24.9 Å². The summed E-state index contributed by atoms with van der Waals surface area (Å²) in [4.78, 5) is 13.4. The Kier molecular flexibility index (Phi) is 4.86. The van der Waals surface area contributed by atoms with Gasteiger partial charge in [-0.25, -0.2) is 0 Å². The van der Waals surface area contributed by atoms with E-state index in [1.165, 1.54) is 0 Å². The van der Waals surface area contributed by atoms with E-state index in [0.29, 0.717) is 17.2 Å². The van der Waals surface area contributed by atoms with Crippen LogP contribution in [0.2, 0.25) is 0 Å². The van der Waals surface area contributed by atoms with Crippen LogP contribution in [0, 0.1) is 0 Å². The van der Waals surface area contributed by atoms with Crippen molar-refractivity contribution in [3.63, 3.8) is 0 Å². The molecule has 24 heavy (non-hydrogen) atoms. The van der Waals surface area contributed by atoms with Crippen molar-refractivity contribution in [2.45, 2.75) is 4.90 Å². The molecule has 122 valence electrons. The number of carbonyl (C=O) groups is 1. The van der Waals surface area contributed by atoms with E-state index in [4.69, 9.17) is 9.26 Å². The first kappa shape index (κ1) is 16.1. The Balaban J connectivity index is 1.78. The van der Waals surface area contributed by atoms with E-state index in [9.17, 15) is 4.79 Å². The van der Waals surface area contributed by atoms with E-state index >= 15 is 0 Å². The molecule has 0 spiro atoms. The second-order valence-electron chi connectivity index (χ2n) is 4.96. The number of rotatable bonds is 5. The first-order chi connectivity index (χ1) is 11.7. The Morgan fingerprint density at radius 1 is 1.17 bits per heavy atom. The van der Waals surface area contributed by atoms with Crippen LogP contribution in [0.15, 0.2) is 64.0 Å². The predicted octanol–water partition coefficient (Wildman–Crippen LogP) is 4.32. The van der Waals surface area contributed by atoms with Gasteiger partial charge in [-0.2, -0.15) is 0 Å². The molecule has 1 aromatic heterocycles. The number of methoxy groups -OCH3 is 1. The van der Waals surface area contributed by atoms with Crippen molar-refractivity contribution in [1.82, 2.24) is 5.16 Å². The molecular weight excluding hydrogens is 324 g/mol. The van der Waals surface area contributed by atoms with Crippen LogP contribution in [0.1, 0.15) is 10.5 Å². The highest BCUT2D eigenvalue weighted by atomic mass is 32.2. The average Bonchev–Trinajstić information content (AvgIpc) is 3.12. The molecule has 0 saturated heterocycles. The molecule has 0 radical (unpaired) electrons. The van der Waals surface area contributed by atoms with E-state index in [2.05, 4.69) is 10.5 Å². The molecule has 3 aromatic rings. The standard InChI is InChI=1S/C18H16N2O3S/c1-22-16-6-4-3-5-14(16)17-11-15(20-23-17)18(21)19-12-7-9-13(24-2)10-8-12/h3-11H,1-2H3,(H,19,21). The van der Waals surface area contributed by atoms with E-state index < -0.39 is 0 Å². The zero-order valence-electron chi connectivity index (χ0n) is 13.3. The summed E-state index contributed by atoms with van der Waals surface area (Å²) in [5, 5.41) is 6.65. The van der Waals surface area contributed by atoms with Crippen LogP contribution in [0.25, 0.3) is 11.3 Å². The Morgan fingerprint density at radius 3 is 2.62 bits per heavy atom. The number of para-hydroxylation sites is 1. The van der Waals surface area contributed by atoms with Gasteiger partial charge in [-0.3, -0.25) is 4.79 Å². The van der Waals surface area contributed by atoms with Crippen molar-refractivity contribution in [2.24, 2.45) is 0 Å². The summed E-state index contributed by atoms with van der Waals surface area (Å²) >= 11 is 1.65. The molecule has 0 aliphatic heterocycles. The van der Waals surface area contributed by atoms with Crippen LogP contribution in [0.3, 0.4) is 0 Å². The van der Waals surface area contributed by atoms with Crippen molar-refractivity contribution in [3.8, 4) is 17.1 Å². The number of benzene rings is 2. The number of carbonyl (C=O) groups excluding carboxylic acids is 1. The monoisotopic (exact) mass is 340 g/mol. The molecule has 0 saturated carbocycles. The van der Waals surface area contributed by atoms with Crippen LogP contribution in [-0.4, -0.2) is 24.4 Å². The molecule has 6 heteroatoms. The second kappa shape index (κ2) is 7.23. The zero-order chi connectivity index (χ0) is 16.9. The highest BCUT2D eigenvalue weighted by Gasteiger charge is 2.16. The third-order valence-electron chi connectivity index (χ3n) is 3.46. The maximum Gasteiger partial charge on any atom is 0.277 e. The third-order valence-corrected chi connectivity index (χ3v) is 4.21. The van der Waals surface area contributed by atoms with Crippen molar-refractivity contribution in [2.75, 3.05) is 18.7 Å². The molecule has 0 bridgehead atoms. The van der Waals surface area contributed by atoms with Gasteiger partial charge in [0, 0.05) is 16.6 Å². The number of amides is 1. The Hall–Kier alpha value is -2.73. The van der Waals surface area contributed by atoms with E-state index in [-0.39, 0.29) is 11.6 Å². The van der Waals surface area contributed by atoms with Crippen LogP contribution in [-0.2, 0) is 0 Å². The van der Waals surface area contributed by atoms with Crippen LogP contribution in [0.4, 0.5) is 5.69 Å². The normalized spacial score (nSPS) is 10.4. The van der Waals surface area contributed by atoms with Gasteiger partial charge >= 0.3 is 0 Å². The highest BCUT2D eigenvalue weighted by Crippen LogP contribution is 2.30. The quantitative estimate of drug-likeness (QED) is 0.701. The van der Waals surface area contributed by atoms with Crippen molar-refractivity contribution < 1.29 is 14.1 Å². The maximum absolute atomic E-state index is 12.3. The molecule has 5 nitrogen and oxygen atoms in total. The number of aromatic nitrogens is 1. The molecule has 0 aliphatic carbocycles. The Bertz CT molecular complexity index is 843. The molecule has 1 N–H and O–H groups in total. The van der Waals surface area contributed by atoms with Crippen molar-refractivity contribution in [1.29, 1.82) is 0 Å². The average molecular weight is 340 g/mol. The lowest BCUT2D eigenvalue weighted by atomic mass is 10.1. The number of hydrogen-bond donors (Lipinski definition) is 1. The number of nitrogens with zero attached hydrogens (tertiary/aromatic N) is 1. The minimum absolute atomic E-state index is 0.213. The second-order valence-corrected chi connectivity index (χ2v) is 5.84. The molecule has 3 rings (SSSR count). The van der Waals surface area contributed by atoms with E-state index in [1.807, 2.05) is 54.8 Å². The lowest BCUT2D eigenvalue weighted by molar-refractivity contribution is 0.101. The largest absolute Gasteiger partial charge is 0.496 e. The van der Waals surface area contributed by atoms with Crippen molar-refractivity contribution >= 4 is 23.4 Å². The predicted molar refractivity (Wildman–Crippen MR) is 94.7 cm³/mol. The molecular formula is C18H16N2O3S. The Morgan fingerprint density at radius 2 is 1.92 bits per heavy atom. The molecule has 0 atom stereocenters. The highest BCUT2D eigenvalue weighted by molar-refractivity contribution is 7.98. The van der Waals surface area contributed by atoms with Gasteiger partial charge in [0.2, 0.25) is 0 Å². The zero-order valence-corrected chi connectivity index (χ0v) is 14.1. The minimum atomic E-state index is -0.322. The SMILES string of the molecule is COc1ccccc1-c1cc(C(=O)Nc2ccc(SC)cc2)no1. The lowest BCUT2D eigenvalue weighted by Gasteiger charge is -2.04. The summed E-state index contributed by atoms with van der Waals surface area (Å²) in [6, 6.07) is 16.6. The van der Waals surface area contributed by atoms with Gasteiger partial charge < -0.3 is 14.6 Å². The fraction of sp³-hybridized carbons (Fsp3) is 0.111. The lowest BCUT2D eigenvalue weighted by Crippen LogP contribution is -2.11. The number of nitrogens with one attached hydrogen (secondary N) is 1. The van der Waals surface area contributed by atoms with Crippen LogP contribution in [0.5, 0.6) is 5.75 Å². The van der Waals surface area contributed by atoms with Gasteiger partial charge in [-0.15, -0.1) is 11.8 Å². The fourth-order valence-corrected chi connectivity index (χ4v) is 2.64. The van der Waals surface area contributed by atoms with E-state index in [0.717, 1.165) is 10.5 Å². The summed E-state index contributed by atoms with van der Waals surface area (Å²) < 4.78 is 10.6. The molecule has 0 fully saturated rings. The van der Waals surface area contributed by atoms with Crippen LogP contribution < -0.4 is 10.1 Å². The van der Waals surface area contributed by atoms with Gasteiger partial charge in [0.25, 0.3) is 5.91 Å². The van der Waals surface area contributed by atoms with Gasteiger partial charge in [-0.1, -0.05) is 17.3 Å². The summed E-state index contributed by atoms with van der Waals surface area (Å²) in [6.45, 7) is 0. The fourth-order valence-electron chi connectivity index (χ4n) is 2.23. The number of thioether (sulfide) groups is 1. The minimum Gasteiger partial charge on any atom is -0.496 e. The Labute approximate surface area is 144 Å². The maximum atomic E-state index is 12.3. The summed E-state index contributed by atoms with van der Waals surface area (Å²) in [5.41, 5.74) is 1.67. The molecule has 1 heterocycles. The summed E-state index contributed by atoms with van der Waals surface area (Å²) in [5.74, 6) is 0.820. The summed E-state index contributed by atoms with van der Waals surface area (Å²) in [6.07, 6.45) is 2.00. The number of ether oxygens (including phenoxy) is 1. The molecule has 1 amide bonds. The molecule has 0 unspecified atom stereocenters. The van der Waals surface area contributed by atoms with Gasteiger partial charge in [0.15, 0.2) is 11.5 Å². The molecule has 0 aliphatic rings. The number of hydrogen-bond acceptors (Lipinski definition) is 5. The third kappa shape index (κ3) is 3.44. The molecule has 2 aromatic carbocycles. The topological polar surface area (TPSA) is 64.4 Å². The van der Waals surface area contributed by atoms with Crippen molar-refractivity contribution in [3.05, 3.63) is 60.3 Å². The van der Waals surface area contributed by atoms with Gasteiger partial charge in [0.1, 0.15) is 5.75 Å². The number of anilines is 1.